The molecule has 0 aromatic carbocycles. The summed E-state index contributed by atoms with van der Waals surface area (Å²) in [5, 5.41) is 8.83. The summed E-state index contributed by atoms with van der Waals surface area (Å²) in [5.41, 5.74) is 0.310. The number of hydrogen-bond donors (Lipinski definition) is 1. The van der Waals surface area contributed by atoms with Crippen molar-refractivity contribution in [2.75, 3.05) is 5.75 Å². The van der Waals surface area contributed by atoms with E-state index in [1.54, 1.807) is 0 Å². The summed E-state index contributed by atoms with van der Waals surface area (Å²) in [5.74, 6) is -0.407. The quantitative estimate of drug-likeness (QED) is 0.472. The topological polar surface area (TPSA) is 57.6 Å². The van der Waals surface area contributed by atoms with Crippen molar-refractivity contribution < 1.29 is 14.7 Å². The van der Waals surface area contributed by atoms with Crippen molar-refractivity contribution in [2.24, 2.45) is 0 Å². The molecule has 2 heterocycles. The molecule has 0 spiro atoms. The number of aliphatic carboxylic acids is 1. The Morgan fingerprint density at radius 2 is 2.38 bits per heavy atom. The van der Waals surface area contributed by atoms with Crippen LogP contribution in [0, 0.1) is 0 Å². The minimum atomic E-state index is -0.930. The second-order valence-corrected chi connectivity index (χ2v) is 3.90. The molecule has 1 N–H and O–H groups in total. The van der Waals surface area contributed by atoms with E-state index in [0.717, 1.165) is 0 Å². The van der Waals surface area contributed by atoms with Gasteiger partial charge in [-0.2, -0.15) is 0 Å². The number of β-lactam (4-membered cyclic amide) rings is 1. The zero-order valence-electron chi connectivity index (χ0n) is 6.19. The van der Waals surface area contributed by atoms with Gasteiger partial charge in [0.05, 0.1) is 17.4 Å². The van der Waals surface area contributed by atoms with Crippen molar-refractivity contribution in [2.45, 2.75) is 11.8 Å². The molecule has 0 radical (unpaired) electrons. The molecule has 4 nitrogen and oxygen atoms in total. The van der Waals surface area contributed by atoms with Gasteiger partial charge in [0.15, 0.2) is 0 Å². The van der Waals surface area contributed by atoms with E-state index in [1.165, 1.54) is 22.9 Å². The summed E-state index contributed by atoms with van der Waals surface area (Å²) in [4.78, 5) is 22.9. The van der Waals surface area contributed by atoms with Crippen LogP contribution >= 0.6 is 11.8 Å². The fraction of sp³-hybridized carbons (Fsp3) is 0.429. The molecule has 6 heteroatoms. The van der Waals surface area contributed by atoms with Gasteiger partial charge in [-0.05, 0) is 0 Å². The molecule has 2 aliphatic heterocycles. The summed E-state index contributed by atoms with van der Waals surface area (Å²) in [6.07, 6.45) is 2.00. The molecule has 1 amide bonds. The van der Waals surface area contributed by atoms with Gasteiger partial charge < -0.3 is 10.0 Å². The molecule has 0 aromatic heterocycles. The fourth-order valence-corrected chi connectivity index (χ4v) is 2.37. The van der Waals surface area contributed by atoms with E-state index in [2.05, 4.69) is 0 Å². The average Bonchev–Trinajstić information content (AvgIpc) is 2.02. The van der Waals surface area contributed by atoms with Gasteiger partial charge in [-0.15, -0.1) is 11.8 Å². The molecule has 0 bridgehead atoms. The second kappa shape index (κ2) is 4.04. The Morgan fingerprint density at radius 3 is 2.92 bits per heavy atom. The Balaban J connectivity index is 0.000000845. The maximum absolute atomic E-state index is 10.9. The van der Waals surface area contributed by atoms with Crippen LogP contribution in [0.3, 0.4) is 0 Å². The van der Waals surface area contributed by atoms with E-state index in [0.29, 0.717) is 17.7 Å². The molecule has 1 atom stereocenters. The zero-order chi connectivity index (χ0) is 8.72. The van der Waals surface area contributed by atoms with Gasteiger partial charge in [0.1, 0.15) is 0 Å². The molecule has 1 fully saturated rings. The van der Waals surface area contributed by atoms with Gasteiger partial charge in [-0.1, -0.05) is 0 Å². The van der Waals surface area contributed by atoms with Gasteiger partial charge in [0.25, 0.3) is 0 Å². The first-order valence-electron chi connectivity index (χ1n) is 3.55. The first-order valence-corrected chi connectivity index (χ1v) is 4.60. The van der Waals surface area contributed by atoms with Crippen LogP contribution in [0.25, 0.3) is 0 Å². The Kier molecular flexibility index (Phi) is 3.45. The molecular formula is C7H8NNaO3S. The average molecular weight is 209 g/mol. The number of thioether (sulfide) groups is 1. The van der Waals surface area contributed by atoms with Crippen LogP contribution in [0.15, 0.2) is 11.8 Å². The number of amides is 1. The van der Waals surface area contributed by atoms with E-state index in [9.17, 15) is 9.59 Å². The van der Waals surface area contributed by atoms with E-state index in [4.69, 9.17) is 5.11 Å². The van der Waals surface area contributed by atoms with Crippen molar-refractivity contribution in [3.63, 3.8) is 0 Å². The summed E-state index contributed by atoms with van der Waals surface area (Å²) in [6, 6.07) is 0. The van der Waals surface area contributed by atoms with Crippen molar-refractivity contribution in [3.05, 3.63) is 11.8 Å². The minimum absolute atomic E-state index is 0. The van der Waals surface area contributed by atoms with Gasteiger partial charge in [0, 0.05) is 12.0 Å². The number of hydrogen-bond acceptors (Lipinski definition) is 3. The molecule has 0 saturated carbocycles. The van der Waals surface area contributed by atoms with Crippen molar-refractivity contribution in [3.8, 4) is 0 Å². The predicted octanol–water partition coefficient (Wildman–Crippen LogP) is -0.388. The Bertz CT molecular complexity index is 291. The molecule has 13 heavy (non-hydrogen) atoms. The number of rotatable bonds is 1. The molecule has 0 aromatic rings. The van der Waals surface area contributed by atoms with Crippen LogP contribution in [-0.2, 0) is 9.59 Å². The molecule has 0 unspecified atom stereocenters. The third-order valence-electron chi connectivity index (χ3n) is 1.95. The molecule has 2 aliphatic rings. The molecule has 66 valence electrons. The van der Waals surface area contributed by atoms with Crippen molar-refractivity contribution in [1.82, 2.24) is 4.90 Å². The number of fused-ring (bicyclic) bond motifs is 1. The maximum atomic E-state index is 10.9. The normalized spacial score (nSPS) is 25.2. The van der Waals surface area contributed by atoms with Crippen molar-refractivity contribution in [1.29, 1.82) is 0 Å². The SMILES string of the molecule is O=C(O)C1=CN2C(=O)C[C@H]2SC1.[NaH]. The summed E-state index contributed by atoms with van der Waals surface area (Å²) < 4.78 is 0. The van der Waals surface area contributed by atoms with Crippen LogP contribution in [0.5, 0.6) is 0 Å². The van der Waals surface area contributed by atoms with Crippen LogP contribution in [0.4, 0.5) is 0 Å². The van der Waals surface area contributed by atoms with Crippen LogP contribution in [0.1, 0.15) is 6.42 Å². The summed E-state index contributed by atoms with van der Waals surface area (Å²) >= 11 is 1.51. The van der Waals surface area contributed by atoms with E-state index < -0.39 is 5.97 Å². The summed E-state index contributed by atoms with van der Waals surface area (Å²) in [7, 11) is 0. The number of carbonyl (C=O) groups is 2. The van der Waals surface area contributed by atoms with Crippen LogP contribution < -0.4 is 0 Å². The number of carbonyl (C=O) groups excluding carboxylic acids is 1. The predicted molar refractivity (Wildman–Crippen MR) is 50.6 cm³/mol. The van der Waals surface area contributed by atoms with Crippen LogP contribution in [-0.4, -0.2) is 62.6 Å². The van der Waals surface area contributed by atoms with Gasteiger partial charge in [-0.25, -0.2) is 4.79 Å². The van der Waals surface area contributed by atoms with Crippen molar-refractivity contribution >= 4 is 53.2 Å². The third-order valence-corrected chi connectivity index (χ3v) is 3.20. The second-order valence-electron chi connectivity index (χ2n) is 2.73. The third kappa shape index (κ3) is 1.93. The van der Waals surface area contributed by atoms with Gasteiger partial charge in [0.2, 0.25) is 5.91 Å². The van der Waals surface area contributed by atoms with Gasteiger partial charge >= 0.3 is 35.5 Å². The Morgan fingerprint density at radius 1 is 1.69 bits per heavy atom. The zero-order valence-corrected chi connectivity index (χ0v) is 7.00. The van der Waals surface area contributed by atoms with Crippen LogP contribution in [0.2, 0.25) is 0 Å². The number of nitrogens with zero attached hydrogens (tertiary/aromatic N) is 1. The van der Waals surface area contributed by atoms with E-state index in [-0.39, 0.29) is 40.8 Å². The number of carboxylic acids is 1. The standard InChI is InChI=1S/C7H7NO3S.Na.H/c9-5-1-6-8(5)2-4(3-12-6)7(10)11;;/h2,6H,1,3H2,(H,10,11);;/t6-;;/m1../s1. The Labute approximate surface area is 102 Å². The monoisotopic (exact) mass is 209 g/mol. The molecule has 2 rings (SSSR count). The first-order chi connectivity index (χ1) is 5.68. The molecule has 0 aliphatic carbocycles. The fourth-order valence-electron chi connectivity index (χ4n) is 1.20. The molecule has 1 saturated heterocycles. The van der Waals surface area contributed by atoms with Gasteiger partial charge in [-0.3, -0.25) is 4.79 Å². The van der Waals surface area contributed by atoms with E-state index >= 15 is 0 Å². The molecular weight excluding hydrogens is 201 g/mol. The Hall–Kier alpha value is 0.0300. The summed E-state index contributed by atoms with van der Waals surface area (Å²) in [6.45, 7) is 0. The first kappa shape index (κ1) is 11.1. The number of carboxylic acid groups (broad SMARTS) is 1. The van der Waals surface area contributed by atoms with E-state index in [1.807, 2.05) is 0 Å².